The third kappa shape index (κ3) is 2.40. The fourth-order valence-corrected chi connectivity index (χ4v) is 4.53. The van der Waals surface area contributed by atoms with Crippen LogP contribution in [-0.4, -0.2) is 31.4 Å². The zero-order valence-electron chi connectivity index (χ0n) is 11.4. The first-order valence-electron chi connectivity index (χ1n) is 6.25. The molecule has 0 saturated carbocycles. The highest BCUT2D eigenvalue weighted by molar-refractivity contribution is 7.89. The predicted octanol–water partition coefficient (Wildman–Crippen LogP) is 1.55. The van der Waals surface area contributed by atoms with Gasteiger partial charge >= 0.3 is 0 Å². The van der Waals surface area contributed by atoms with Gasteiger partial charge in [-0.1, -0.05) is 6.92 Å². The van der Waals surface area contributed by atoms with Gasteiger partial charge in [0.1, 0.15) is 5.82 Å². The van der Waals surface area contributed by atoms with E-state index in [1.54, 1.807) is 13.8 Å². The summed E-state index contributed by atoms with van der Waals surface area (Å²) in [6.45, 7) is 5.80. The summed E-state index contributed by atoms with van der Waals surface area (Å²) in [4.78, 5) is 0.201. The van der Waals surface area contributed by atoms with Crippen LogP contribution >= 0.6 is 0 Å². The topological polar surface area (TPSA) is 63.4 Å². The van der Waals surface area contributed by atoms with E-state index >= 15 is 0 Å². The summed E-state index contributed by atoms with van der Waals surface area (Å²) in [6, 6.07) is 2.49. The Labute approximate surface area is 113 Å². The summed E-state index contributed by atoms with van der Waals surface area (Å²) in [5.74, 6) is -0.417. The Hall–Kier alpha value is -0.980. The Morgan fingerprint density at radius 1 is 1.32 bits per heavy atom. The fourth-order valence-electron chi connectivity index (χ4n) is 2.48. The van der Waals surface area contributed by atoms with Crippen molar-refractivity contribution in [1.82, 2.24) is 4.31 Å². The van der Waals surface area contributed by atoms with Crippen molar-refractivity contribution in [3.63, 3.8) is 0 Å². The summed E-state index contributed by atoms with van der Waals surface area (Å²) < 4.78 is 39.6. The van der Waals surface area contributed by atoms with Crippen LogP contribution in [0.1, 0.15) is 24.5 Å². The minimum atomic E-state index is -3.57. The second kappa shape index (κ2) is 4.54. The van der Waals surface area contributed by atoms with Crippen LogP contribution in [0.5, 0.6) is 0 Å². The number of hydrogen-bond donors (Lipinski definition) is 1. The van der Waals surface area contributed by atoms with Crippen LogP contribution < -0.4 is 5.73 Å². The lowest BCUT2D eigenvalue weighted by Gasteiger charge is -2.46. The average Bonchev–Trinajstić information content (AvgIpc) is 2.22. The molecule has 1 saturated heterocycles. The summed E-state index contributed by atoms with van der Waals surface area (Å²) in [5.41, 5.74) is 6.45. The second-order valence-corrected chi connectivity index (χ2v) is 7.23. The third-order valence-corrected chi connectivity index (χ3v) is 5.81. The van der Waals surface area contributed by atoms with Gasteiger partial charge in [0.15, 0.2) is 0 Å². The van der Waals surface area contributed by atoms with Crippen LogP contribution in [0.25, 0.3) is 0 Å². The predicted molar refractivity (Wildman–Crippen MR) is 71.8 cm³/mol. The van der Waals surface area contributed by atoms with Gasteiger partial charge in [0.2, 0.25) is 10.0 Å². The molecule has 0 aliphatic carbocycles. The number of hydrogen-bond acceptors (Lipinski definition) is 3. The molecule has 4 nitrogen and oxygen atoms in total. The molecule has 0 bridgehead atoms. The molecule has 6 heteroatoms. The van der Waals surface area contributed by atoms with Gasteiger partial charge < -0.3 is 5.73 Å². The highest BCUT2D eigenvalue weighted by Gasteiger charge is 2.45. The minimum Gasteiger partial charge on any atom is -0.323 e. The Bertz CT molecular complexity index is 584. The summed E-state index contributed by atoms with van der Waals surface area (Å²) >= 11 is 0. The standard InChI is InChI=1S/C13H19FN2O2S/c1-4-13(15)7-16(8-13)19(17,18)12-9(2)5-11(14)6-10(12)3/h5-6H,4,7-8,15H2,1-3H3. The lowest BCUT2D eigenvalue weighted by Crippen LogP contribution is -2.68. The van der Waals surface area contributed by atoms with Gasteiger partial charge in [-0.05, 0) is 43.5 Å². The highest BCUT2D eigenvalue weighted by Crippen LogP contribution is 2.31. The maximum absolute atomic E-state index is 13.2. The van der Waals surface area contributed by atoms with E-state index in [2.05, 4.69) is 0 Å². The maximum atomic E-state index is 13.2. The summed E-state index contributed by atoms with van der Waals surface area (Å²) in [7, 11) is -3.57. The van der Waals surface area contributed by atoms with E-state index in [1.165, 1.54) is 16.4 Å². The smallest absolute Gasteiger partial charge is 0.243 e. The molecule has 2 N–H and O–H groups in total. The van der Waals surface area contributed by atoms with E-state index in [4.69, 9.17) is 5.73 Å². The van der Waals surface area contributed by atoms with Crippen molar-refractivity contribution in [3.05, 3.63) is 29.1 Å². The largest absolute Gasteiger partial charge is 0.323 e. The molecule has 0 spiro atoms. The highest BCUT2D eigenvalue weighted by atomic mass is 32.2. The molecular weight excluding hydrogens is 267 g/mol. The molecule has 1 heterocycles. The van der Waals surface area contributed by atoms with Crippen molar-refractivity contribution in [3.8, 4) is 0 Å². The van der Waals surface area contributed by atoms with E-state index in [1.807, 2.05) is 6.92 Å². The zero-order valence-corrected chi connectivity index (χ0v) is 12.2. The first-order chi connectivity index (χ1) is 8.69. The van der Waals surface area contributed by atoms with Crippen LogP contribution in [0.4, 0.5) is 4.39 Å². The lowest BCUT2D eigenvalue weighted by molar-refractivity contribution is 0.153. The SMILES string of the molecule is CCC1(N)CN(S(=O)(=O)c2c(C)cc(F)cc2C)C1. The van der Waals surface area contributed by atoms with Crippen molar-refractivity contribution >= 4 is 10.0 Å². The van der Waals surface area contributed by atoms with Crippen molar-refractivity contribution < 1.29 is 12.8 Å². The normalized spacial score (nSPS) is 19.2. The van der Waals surface area contributed by atoms with Crippen molar-refractivity contribution in [2.24, 2.45) is 5.73 Å². The number of sulfonamides is 1. The molecule has 1 aromatic carbocycles. The Balaban J connectivity index is 2.38. The van der Waals surface area contributed by atoms with Gasteiger partial charge in [-0.15, -0.1) is 0 Å². The molecule has 0 amide bonds. The van der Waals surface area contributed by atoms with Crippen molar-refractivity contribution in [1.29, 1.82) is 0 Å². The van der Waals surface area contributed by atoms with Crippen molar-refractivity contribution in [2.75, 3.05) is 13.1 Å². The molecular formula is C13H19FN2O2S. The number of nitrogens with zero attached hydrogens (tertiary/aromatic N) is 1. The molecule has 0 atom stereocenters. The lowest BCUT2D eigenvalue weighted by atomic mass is 9.91. The molecule has 0 aromatic heterocycles. The van der Waals surface area contributed by atoms with Crippen LogP contribution in [0.15, 0.2) is 17.0 Å². The maximum Gasteiger partial charge on any atom is 0.243 e. The van der Waals surface area contributed by atoms with Gasteiger partial charge in [-0.25, -0.2) is 12.8 Å². The van der Waals surface area contributed by atoms with Gasteiger partial charge in [-0.2, -0.15) is 4.31 Å². The average molecular weight is 286 g/mol. The number of nitrogens with two attached hydrogens (primary N) is 1. The molecule has 0 radical (unpaired) electrons. The number of halogens is 1. The summed E-state index contributed by atoms with van der Waals surface area (Å²) in [6.07, 6.45) is 0.737. The second-order valence-electron chi connectivity index (χ2n) is 5.36. The van der Waals surface area contributed by atoms with E-state index in [-0.39, 0.29) is 4.90 Å². The van der Waals surface area contributed by atoms with Crippen LogP contribution in [0.3, 0.4) is 0 Å². The van der Waals surface area contributed by atoms with Crippen molar-refractivity contribution in [2.45, 2.75) is 37.6 Å². The van der Waals surface area contributed by atoms with Gasteiger partial charge in [0.25, 0.3) is 0 Å². The summed E-state index contributed by atoms with van der Waals surface area (Å²) in [5, 5.41) is 0. The quantitative estimate of drug-likeness (QED) is 0.917. The fraction of sp³-hybridized carbons (Fsp3) is 0.538. The Kier molecular flexibility index (Phi) is 3.45. The number of rotatable bonds is 3. The van der Waals surface area contributed by atoms with Gasteiger partial charge in [0, 0.05) is 18.6 Å². The Morgan fingerprint density at radius 3 is 2.21 bits per heavy atom. The Morgan fingerprint density at radius 2 is 1.79 bits per heavy atom. The van der Waals surface area contributed by atoms with Gasteiger partial charge in [-0.3, -0.25) is 0 Å². The molecule has 1 aliphatic rings. The molecule has 2 rings (SSSR count). The van der Waals surface area contributed by atoms with Gasteiger partial charge in [0.05, 0.1) is 4.90 Å². The minimum absolute atomic E-state index is 0.201. The zero-order chi connectivity index (χ0) is 14.4. The monoisotopic (exact) mass is 286 g/mol. The molecule has 19 heavy (non-hydrogen) atoms. The molecule has 1 aromatic rings. The number of benzene rings is 1. The first-order valence-corrected chi connectivity index (χ1v) is 7.69. The molecule has 1 aliphatic heterocycles. The van der Waals surface area contributed by atoms with E-state index in [9.17, 15) is 12.8 Å². The third-order valence-electron chi connectivity index (χ3n) is 3.71. The van der Waals surface area contributed by atoms with Crippen LogP contribution in [0, 0.1) is 19.7 Å². The van der Waals surface area contributed by atoms with E-state index in [0.717, 1.165) is 6.42 Å². The van der Waals surface area contributed by atoms with E-state index < -0.39 is 21.4 Å². The molecule has 106 valence electrons. The molecule has 1 fully saturated rings. The molecule has 0 unspecified atom stereocenters. The first kappa shape index (κ1) is 14.4. The van der Waals surface area contributed by atoms with Crippen LogP contribution in [0.2, 0.25) is 0 Å². The number of aryl methyl sites for hydroxylation is 2. The van der Waals surface area contributed by atoms with Crippen LogP contribution in [-0.2, 0) is 10.0 Å². The van der Waals surface area contributed by atoms with E-state index in [0.29, 0.717) is 24.2 Å².